The molecule has 0 amide bonds. The zero-order chi connectivity index (χ0) is 20.2. The highest BCUT2D eigenvalue weighted by molar-refractivity contribution is 6.47. The maximum absolute atomic E-state index is 6.41. The number of benzene rings is 2. The van der Waals surface area contributed by atoms with Gasteiger partial charge >= 0.3 is 7.12 Å². The van der Waals surface area contributed by atoms with Crippen LogP contribution in [0.2, 0.25) is 0 Å². The van der Waals surface area contributed by atoms with Gasteiger partial charge in [0.15, 0.2) is 0 Å². The van der Waals surface area contributed by atoms with Gasteiger partial charge in [-0.1, -0.05) is 48.9 Å². The molecule has 1 aliphatic heterocycles. The van der Waals surface area contributed by atoms with E-state index in [0.717, 1.165) is 31.4 Å². The van der Waals surface area contributed by atoms with E-state index in [2.05, 4.69) is 76.2 Å². The van der Waals surface area contributed by atoms with Crippen LogP contribution in [0.5, 0.6) is 5.75 Å². The Kier molecular flexibility index (Phi) is 6.52. The van der Waals surface area contributed by atoms with Gasteiger partial charge in [-0.25, -0.2) is 0 Å². The monoisotopic (exact) mass is 380 g/mol. The highest BCUT2D eigenvalue weighted by atomic mass is 16.7. The summed E-state index contributed by atoms with van der Waals surface area (Å²) in [5, 5.41) is 0. The second-order valence-corrected chi connectivity index (χ2v) is 8.74. The van der Waals surface area contributed by atoms with Crippen molar-refractivity contribution in [3.8, 4) is 5.75 Å². The molecule has 1 fully saturated rings. The summed E-state index contributed by atoms with van der Waals surface area (Å²) in [7, 11) is 1.47. The summed E-state index contributed by atoms with van der Waals surface area (Å²) in [4.78, 5) is 0. The number of aryl methyl sites for hydroxylation is 1. The molecule has 1 heterocycles. The van der Waals surface area contributed by atoms with Gasteiger partial charge in [-0.2, -0.15) is 0 Å². The van der Waals surface area contributed by atoms with Gasteiger partial charge in [-0.3, -0.25) is 0 Å². The van der Waals surface area contributed by atoms with E-state index < -0.39 is 0 Å². The molecule has 0 aliphatic carbocycles. The van der Waals surface area contributed by atoms with E-state index in [1.54, 1.807) is 7.11 Å². The SMILES string of the molecule is COc1cccc(C(CCCCc2ccccc2)B2OC(C)(C)C(C)(C)O2)c1. The molecule has 3 rings (SSSR count). The summed E-state index contributed by atoms with van der Waals surface area (Å²) < 4.78 is 18.3. The predicted molar refractivity (Wildman–Crippen MR) is 116 cm³/mol. The molecule has 1 aliphatic rings. The first-order valence-electron chi connectivity index (χ1n) is 10.4. The Hall–Kier alpha value is -1.78. The van der Waals surface area contributed by atoms with Crippen LogP contribution in [0.3, 0.4) is 0 Å². The van der Waals surface area contributed by atoms with E-state index in [9.17, 15) is 0 Å². The second kappa shape index (κ2) is 8.71. The fraction of sp³-hybridized carbons (Fsp3) is 0.500. The van der Waals surface area contributed by atoms with E-state index >= 15 is 0 Å². The first kappa shape index (κ1) is 20.9. The van der Waals surface area contributed by atoms with Crippen molar-refractivity contribution in [3.63, 3.8) is 0 Å². The predicted octanol–water partition coefficient (Wildman–Crippen LogP) is 5.82. The lowest BCUT2D eigenvalue weighted by molar-refractivity contribution is 0.00578. The van der Waals surface area contributed by atoms with Gasteiger partial charge in [0.05, 0.1) is 18.3 Å². The van der Waals surface area contributed by atoms with Crippen molar-refractivity contribution in [2.75, 3.05) is 7.11 Å². The lowest BCUT2D eigenvalue weighted by Crippen LogP contribution is -2.41. The fourth-order valence-electron chi connectivity index (χ4n) is 3.72. The zero-order valence-electron chi connectivity index (χ0n) is 17.9. The standard InChI is InChI=1S/C24H33BO3/c1-23(2)24(3,4)28-25(27-23)22(20-15-11-16-21(18-20)26-5)17-10-9-14-19-12-7-6-8-13-19/h6-8,11-13,15-16,18,22H,9-10,14,17H2,1-5H3. The van der Waals surface area contributed by atoms with E-state index in [-0.39, 0.29) is 24.1 Å². The maximum atomic E-state index is 6.41. The topological polar surface area (TPSA) is 27.7 Å². The Labute approximate surface area is 170 Å². The number of hydrogen-bond acceptors (Lipinski definition) is 3. The number of unbranched alkanes of at least 4 members (excludes halogenated alkanes) is 1. The molecule has 1 atom stereocenters. The largest absolute Gasteiger partial charge is 0.497 e. The van der Waals surface area contributed by atoms with Crippen molar-refractivity contribution in [1.82, 2.24) is 0 Å². The smallest absolute Gasteiger partial charge is 0.465 e. The molecule has 0 aromatic heterocycles. The van der Waals surface area contributed by atoms with Crippen LogP contribution in [0.4, 0.5) is 0 Å². The highest BCUT2D eigenvalue weighted by Gasteiger charge is 2.53. The van der Waals surface area contributed by atoms with Crippen LogP contribution in [-0.2, 0) is 15.7 Å². The average molecular weight is 380 g/mol. The van der Waals surface area contributed by atoms with Crippen LogP contribution in [0.1, 0.15) is 63.9 Å². The number of ether oxygens (including phenoxy) is 1. The Balaban J connectivity index is 1.71. The summed E-state index contributed by atoms with van der Waals surface area (Å²) in [5.41, 5.74) is 1.98. The normalized spacial score (nSPS) is 18.8. The molecule has 0 N–H and O–H groups in total. The molecular formula is C24H33BO3. The van der Waals surface area contributed by atoms with E-state index in [1.807, 2.05) is 6.07 Å². The van der Waals surface area contributed by atoms with Gasteiger partial charge in [-0.05, 0) is 70.2 Å². The minimum absolute atomic E-state index is 0.187. The van der Waals surface area contributed by atoms with Crippen LogP contribution >= 0.6 is 0 Å². The summed E-state index contributed by atoms with van der Waals surface area (Å²) in [6, 6.07) is 19.0. The van der Waals surface area contributed by atoms with Gasteiger partial charge in [0.1, 0.15) is 5.75 Å². The van der Waals surface area contributed by atoms with Crippen LogP contribution in [0.25, 0.3) is 0 Å². The lowest BCUT2D eigenvalue weighted by Gasteiger charge is -2.32. The minimum Gasteiger partial charge on any atom is -0.497 e. The van der Waals surface area contributed by atoms with E-state index in [0.29, 0.717) is 0 Å². The van der Waals surface area contributed by atoms with Gasteiger partial charge in [0, 0.05) is 5.82 Å². The third-order valence-corrected chi connectivity index (χ3v) is 6.20. The van der Waals surface area contributed by atoms with Crippen LogP contribution < -0.4 is 4.74 Å². The highest BCUT2D eigenvalue weighted by Crippen LogP contribution is 2.42. The molecule has 0 saturated carbocycles. The first-order chi connectivity index (χ1) is 13.3. The molecule has 0 spiro atoms. The average Bonchev–Trinajstić information content (AvgIpc) is 2.89. The Morgan fingerprint density at radius 3 is 2.21 bits per heavy atom. The number of methoxy groups -OCH3 is 1. The molecule has 0 radical (unpaired) electrons. The molecule has 0 bridgehead atoms. The molecule has 2 aromatic carbocycles. The van der Waals surface area contributed by atoms with Crippen molar-refractivity contribution < 1.29 is 14.0 Å². The van der Waals surface area contributed by atoms with Crippen molar-refractivity contribution >= 4 is 7.12 Å². The molecule has 1 saturated heterocycles. The maximum Gasteiger partial charge on any atom is 0.465 e. The van der Waals surface area contributed by atoms with E-state index in [4.69, 9.17) is 14.0 Å². The first-order valence-corrected chi connectivity index (χ1v) is 10.4. The van der Waals surface area contributed by atoms with Gasteiger partial charge < -0.3 is 14.0 Å². The summed E-state index contributed by atoms with van der Waals surface area (Å²) in [5.74, 6) is 1.07. The van der Waals surface area contributed by atoms with E-state index in [1.165, 1.54) is 11.1 Å². The molecule has 2 aromatic rings. The van der Waals surface area contributed by atoms with Crippen molar-refractivity contribution in [1.29, 1.82) is 0 Å². The summed E-state index contributed by atoms with van der Waals surface area (Å²) in [6.45, 7) is 8.46. The third kappa shape index (κ3) is 4.79. The van der Waals surface area contributed by atoms with Crippen LogP contribution in [0, 0.1) is 0 Å². The van der Waals surface area contributed by atoms with Crippen LogP contribution in [-0.4, -0.2) is 25.4 Å². The minimum atomic E-state index is -0.321. The molecule has 3 nitrogen and oxygen atoms in total. The molecule has 4 heteroatoms. The van der Waals surface area contributed by atoms with Crippen molar-refractivity contribution in [2.24, 2.45) is 0 Å². The Morgan fingerprint density at radius 1 is 0.893 bits per heavy atom. The third-order valence-electron chi connectivity index (χ3n) is 6.20. The molecule has 1 unspecified atom stereocenters. The quantitative estimate of drug-likeness (QED) is 0.426. The Morgan fingerprint density at radius 2 is 1.57 bits per heavy atom. The molecular weight excluding hydrogens is 347 g/mol. The van der Waals surface area contributed by atoms with Crippen molar-refractivity contribution in [2.45, 2.75) is 70.4 Å². The summed E-state index contributed by atoms with van der Waals surface area (Å²) in [6.07, 6.45) is 4.41. The molecule has 150 valence electrons. The molecule has 28 heavy (non-hydrogen) atoms. The van der Waals surface area contributed by atoms with Crippen LogP contribution in [0.15, 0.2) is 54.6 Å². The van der Waals surface area contributed by atoms with Gasteiger partial charge in [0.2, 0.25) is 0 Å². The Bertz CT molecular complexity index is 741. The fourth-order valence-corrected chi connectivity index (χ4v) is 3.72. The number of hydrogen-bond donors (Lipinski definition) is 0. The van der Waals surface area contributed by atoms with Gasteiger partial charge in [-0.15, -0.1) is 0 Å². The summed E-state index contributed by atoms with van der Waals surface area (Å²) >= 11 is 0. The number of rotatable bonds is 8. The zero-order valence-corrected chi connectivity index (χ0v) is 17.9. The van der Waals surface area contributed by atoms with Crippen molar-refractivity contribution in [3.05, 3.63) is 65.7 Å². The second-order valence-electron chi connectivity index (χ2n) is 8.74. The lowest BCUT2D eigenvalue weighted by atomic mass is 9.65. The van der Waals surface area contributed by atoms with Gasteiger partial charge in [0.25, 0.3) is 0 Å².